The van der Waals surface area contributed by atoms with Crippen LogP contribution in [0.4, 0.5) is 0 Å². The highest BCUT2D eigenvalue weighted by Crippen LogP contribution is 2.29. The van der Waals surface area contributed by atoms with Gasteiger partial charge in [0, 0.05) is 48.5 Å². The smallest absolute Gasteiger partial charge is 0.313 e. The fourth-order valence-corrected chi connectivity index (χ4v) is 6.67. The van der Waals surface area contributed by atoms with E-state index in [1.165, 1.54) is 0 Å². The molecule has 0 aliphatic carbocycles. The van der Waals surface area contributed by atoms with Crippen LogP contribution in [0, 0.1) is 10.7 Å². The second-order valence-electron chi connectivity index (χ2n) is 8.71. The molecule has 0 spiro atoms. The van der Waals surface area contributed by atoms with Crippen molar-refractivity contribution in [2.24, 2.45) is 0 Å². The first-order valence-corrected chi connectivity index (χ1v) is 14.1. The Morgan fingerprint density at radius 1 is 0.706 bits per heavy atom. The second kappa shape index (κ2) is 15.5. The molecule has 10 heteroatoms. The first-order chi connectivity index (χ1) is 15.8. The summed E-state index contributed by atoms with van der Waals surface area (Å²) in [6.07, 6.45) is 0.0567. The number of esters is 1. The van der Waals surface area contributed by atoms with Crippen molar-refractivity contribution in [3.63, 3.8) is 0 Å². The average molecular weight is 810 g/mol. The zero-order valence-corrected chi connectivity index (χ0v) is 26.0. The van der Waals surface area contributed by atoms with Crippen LogP contribution in [0.5, 0.6) is 5.75 Å². The Balaban J connectivity index is 2.21. The Hall–Kier alpha value is -0.640. The van der Waals surface area contributed by atoms with Crippen molar-refractivity contribution < 1.29 is 33.4 Å². The topological polar surface area (TPSA) is 104 Å². The standard InChI is InChI=1S/C24H29I3O7/c1-24(2,3)34-22(32)14-19(31)9-8-17(29)5-4-16(28)6-7-18(30)10-11-33-23-20(26)12-15(25)13-21(23)27/h12-13H,4-11,14H2,1-3H3. The molecule has 0 unspecified atom stereocenters. The minimum absolute atomic E-state index is 0.0126. The van der Waals surface area contributed by atoms with Gasteiger partial charge in [-0.1, -0.05) is 0 Å². The van der Waals surface area contributed by atoms with Crippen LogP contribution < -0.4 is 4.74 Å². The molecule has 0 aliphatic heterocycles. The fraction of sp³-hybridized carbons (Fsp3) is 0.542. The highest BCUT2D eigenvalue weighted by atomic mass is 127. The van der Waals surface area contributed by atoms with Crippen molar-refractivity contribution >= 4 is 96.9 Å². The third kappa shape index (κ3) is 14.0. The van der Waals surface area contributed by atoms with Crippen LogP contribution in [0.15, 0.2) is 12.1 Å². The van der Waals surface area contributed by atoms with E-state index in [0.29, 0.717) is 0 Å². The SMILES string of the molecule is CC(C)(C)OC(=O)CC(=O)CCC(=O)CCC(=O)CCC(=O)CCOc1c(I)cc(I)cc1I. The van der Waals surface area contributed by atoms with Crippen molar-refractivity contribution in [2.75, 3.05) is 6.61 Å². The normalized spacial score (nSPS) is 11.1. The second-order valence-corrected chi connectivity index (χ2v) is 12.3. The van der Waals surface area contributed by atoms with E-state index < -0.39 is 11.6 Å². The van der Waals surface area contributed by atoms with Gasteiger partial charge in [0.1, 0.15) is 40.9 Å². The third-order valence-corrected chi connectivity index (χ3v) is 6.63. The summed E-state index contributed by atoms with van der Waals surface area (Å²) in [7, 11) is 0. The number of ether oxygens (including phenoxy) is 2. The Kier molecular flexibility index (Phi) is 14.3. The maximum Gasteiger partial charge on any atom is 0.313 e. The minimum atomic E-state index is -0.666. The van der Waals surface area contributed by atoms with Crippen LogP contribution in [0.2, 0.25) is 0 Å². The third-order valence-electron chi connectivity index (χ3n) is 4.40. The van der Waals surface area contributed by atoms with E-state index in [4.69, 9.17) is 9.47 Å². The molecule has 0 aliphatic rings. The van der Waals surface area contributed by atoms with Gasteiger partial charge in [-0.2, -0.15) is 0 Å². The van der Waals surface area contributed by atoms with E-state index in [-0.39, 0.29) is 81.1 Å². The number of halogens is 3. The monoisotopic (exact) mass is 810 g/mol. The molecule has 0 atom stereocenters. The number of ketones is 4. The number of rotatable bonds is 15. The van der Waals surface area contributed by atoms with E-state index in [1.807, 2.05) is 12.1 Å². The summed E-state index contributed by atoms with van der Waals surface area (Å²) in [5.41, 5.74) is -0.666. The number of hydrogen-bond donors (Lipinski definition) is 0. The average Bonchev–Trinajstić information content (AvgIpc) is 2.69. The molecule has 0 amide bonds. The molecule has 7 nitrogen and oxygen atoms in total. The quantitative estimate of drug-likeness (QED) is 0.129. The van der Waals surface area contributed by atoms with Crippen LogP contribution in [0.1, 0.15) is 72.1 Å². The van der Waals surface area contributed by atoms with Crippen molar-refractivity contribution in [3.8, 4) is 5.75 Å². The molecule has 34 heavy (non-hydrogen) atoms. The van der Waals surface area contributed by atoms with Crippen molar-refractivity contribution in [3.05, 3.63) is 22.8 Å². The number of hydrogen-bond acceptors (Lipinski definition) is 7. The van der Waals surface area contributed by atoms with Crippen molar-refractivity contribution in [1.82, 2.24) is 0 Å². The zero-order chi connectivity index (χ0) is 25.9. The summed E-state index contributed by atoms with van der Waals surface area (Å²) in [4.78, 5) is 59.5. The maximum absolute atomic E-state index is 12.1. The molecule has 1 aromatic carbocycles. The van der Waals surface area contributed by atoms with Crippen molar-refractivity contribution in [1.29, 1.82) is 0 Å². The lowest BCUT2D eigenvalue weighted by molar-refractivity contribution is -0.156. The predicted octanol–water partition coefficient (Wildman–Crippen LogP) is 5.62. The highest BCUT2D eigenvalue weighted by Gasteiger charge is 2.19. The van der Waals surface area contributed by atoms with Gasteiger partial charge in [0.2, 0.25) is 0 Å². The Morgan fingerprint density at radius 3 is 1.56 bits per heavy atom. The largest absolute Gasteiger partial charge is 0.491 e. The minimum Gasteiger partial charge on any atom is -0.491 e. The summed E-state index contributed by atoms with van der Waals surface area (Å²) in [6.45, 7) is 5.38. The van der Waals surface area contributed by atoms with E-state index in [9.17, 15) is 24.0 Å². The molecule has 0 radical (unpaired) electrons. The molecule has 1 rings (SSSR count). The van der Waals surface area contributed by atoms with E-state index in [1.54, 1.807) is 20.8 Å². The van der Waals surface area contributed by atoms with Crippen LogP contribution in [-0.2, 0) is 28.7 Å². The summed E-state index contributed by atoms with van der Waals surface area (Å²) in [5, 5.41) is 0. The van der Waals surface area contributed by atoms with Crippen LogP contribution in [0.3, 0.4) is 0 Å². The van der Waals surface area contributed by atoms with Crippen LogP contribution >= 0.6 is 67.8 Å². The molecule has 1 aromatic rings. The molecular weight excluding hydrogens is 781 g/mol. The van der Waals surface area contributed by atoms with Gasteiger partial charge in [-0.3, -0.25) is 24.0 Å². The molecule has 0 heterocycles. The summed E-state index contributed by atoms with van der Waals surface area (Å²) in [5.74, 6) is -0.664. The Labute approximate surface area is 241 Å². The fourth-order valence-electron chi connectivity index (χ4n) is 2.77. The van der Waals surface area contributed by atoms with Gasteiger partial charge in [-0.05, 0) is 101 Å². The van der Waals surface area contributed by atoms with E-state index in [2.05, 4.69) is 67.8 Å². The molecule has 0 saturated carbocycles. The molecular formula is C24H29I3O7. The van der Waals surface area contributed by atoms with Crippen molar-refractivity contribution in [2.45, 2.75) is 77.7 Å². The summed E-state index contributed by atoms with van der Waals surface area (Å²) in [6, 6.07) is 3.99. The number of benzene rings is 1. The van der Waals surface area contributed by atoms with Gasteiger partial charge >= 0.3 is 5.97 Å². The van der Waals surface area contributed by atoms with E-state index in [0.717, 1.165) is 16.5 Å². The van der Waals surface area contributed by atoms with Gasteiger partial charge < -0.3 is 9.47 Å². The lowest BCUT2D eigenvalue weighted by Crippen LogP contribution is -2.25. The Morgan fingerprint density at radius 2 is 1.12 bits per heavy atom. The van der Waals surface area contributed by atoms with Gasteiger partial charge in [-0.15, -0.1) is 0 Å². The number of Topliss-reactive ketones (excluding diaryl/α,β-unsaturated/α-hetero) is 4. The summed E-state index contributed by atoms with van der Waals surface area (Å²) < 4.78 is 13.9. The molecule has 0 fully saturated rings. The molecule has 0 N–H and O–H groups in total. The number of carbonyl (C=O) groups is 5. The van der Waals surface area contributed by atoms with Gasteiger partial charge in [-0.25, -0.2) is 0 Å². The molecule has 0 bridgehead atoms. The molecule has 0 aromatic heterocycles. The lowest BCUT2D eigenvalue weighted by atomic mass is 10.0. The lowest BCUT2D eigenvalue weighted by Gasteiger charge is -2.19. The first-order valence-electron chi connectivity index (χ1n) is 10.8. The van der Waals surface area contributed by atoms with Gasteiger partial charge in [0.25, 0.3) is 0 Å². The first kappa shape index (κ1) is 31.4. The maximum atomic E-state index is 12.1. The summed E-state index contributed by atoms with van der Waals surface area (Å²) >= 11 is 6.63. The molecule has 188 valence electrons. The van der Waals surface area contributed by atoms with Gasteiger partial charge in [0.05, 0.1) is 13.7 Å². The Bertz CT molecular complexity index is 897. The molecule has 0 saturated heterocycles. The van der Waals surface area contributed by atoms with Crippen LogP contribution in [-0.4, -0.2) is 41.3 Å². The van der Waals surface area contributed by atoms with Crippen LogP contribution in [0.25, 0.3) is 0 Å². The highest BCUT2D eigenvalue weighted by molar-refractivity contribution is 14.1. The van der Waals surface area contributed by atoms with Gasteiger partial charge in [0.15, 0.2) is 0 Å². The predicted molar refractivity (Wildman–Crippen MR) is 153 cm³/mol. The zero-order valence-electron chi connectivity index (χ0n) is 19.5. The van der Waals surface area contributed by atoms with E-state index >= 15 is 0 Å². The number of carbonyl (C=O) groups excluding carboxylic acids is 5.